The van der Waals surface area contributed by atoms with E-state index in [-0.39, 0.29) is 23.9 Å². The Balaban J connectivity index is 2.24. The molecule has 0 saturated carbocycles. The van der Waals surface area contributed by atoms with Gasteiger partial charge in [-0.05, 0) is 5.56 Å². The van der Waals surface area contributed by atoms with Crippen LogP contribution in [0.25, 0.3) is 0 Å². The molecule has 1 aromatic rings. The molecule has 0 unspecified atom stereocenters. The third-order valence-corrected chi connectivity index (χ3v) is 3.01. The predicted molar refractivity (Wildman–Crippen MR) is 59.6 cm³/mol. The van der Waals surface area contributed by atoms with Gasteiger partial charge in [0.15, 0.2) is 6.10 Å². The minimum absolute atomic E-state index is 0.162. The molecule has 1 aromatic carbocycles. The highest BCUT2D eigenvalue weighted by molar-refractivity contribution is 5.20. The molecule has 5 nitrogen and oxygen atoms in total. The quantitative estimate of drug-likeness (QED) is 0.589. The lowest BCUT2D eigenvalue weighted by molar-refractivity contribution is -0.535. The first kappa shape index (κ1) is 11.6. The Morgan fingerprint density at radius 1 is 1.47 bits per heavy atom. The van der Waals surface area contributed by atoms with Crippen LogP contribution >= 0.6 is 0 Å². The van der Waals surface area contributed by atoms with Crippen LogP contribution in [0.1, 0.15) is 18.1 Å². The summed E-state index contributed by atoms with van der Waals surface area (Å²) in [5, 5.41) is 19.7. The molecule has 0 amide bonds. The highest BCUT2D eigenvalue weighted by Gasteiger charge is 2.46. The van der Waals surface area contributed by atoms with Gasteiger partial charge in [-0.2, -0.15) is 5.26 Å². The molecular weight excluding hydrogens is 220 g/mol. The van der Waals surface area contributed by atoms with Gasteiger partial charge in [0.05, 0.1) is 18.6 Å². The third kappa shape index (κ3) is 2.27. The topological polar surface area (TPSA) is 76.2 Å². The molecule has 5 heteroatoms. The second-order valence-electron chi connectivity index (χ2n) is 4.06. The zero-order valence-electron chi connectivity index (χ0n) is 9.15. The van der Waals surface area contributed by atoms with Crippen molar-refractivity contribution in [3.8, 4) is 6.07 Å². The zero-order valence-corrected chi connectivity index (χ0v) is 9.15. The first-order valence-electron chi connectivity index (χ1n) is 5.41. The Kier molecular flexibility index (Phi) is 3.35. The van der Waals surface area contributed by atoms with Gasteiger partial charge < -0.3 is 4.74 Å². The SMILES string of the molecule is N#CC[C@@H]1CO[C@@H](c2ccccc2)[C@H]1[N+](=O)[O-]. The molecule has 88 valence electrons. The van der Waals surface area contributed by atoms with Crippen molar-refractivity contribution in [1.82, 2.24) is 0 Å². The fourth-order valence-electron chi connectivity index (χ4n) is 2.19. The Hall–Kier alpha value is -1.93. The summed E-state index contributed by atoms with van der Waals surface area (Å²) in [6, 6.07) is 10.3. The van der Waals surface area contributed by atoms with Gasteiger partial charge in [0, 0.05) is 11.3 Å². The summed E-state index contributed by atoms with van der Waals surface area (Å²) in [7, 11) is 0. The largest absolute Gasteiger partial charge is 0.366 e. The third-order valence-electron chi connectivity index (χ3n) is 3.01. The van der Waals surface area contributed by atoms with E-state index in [1.54, 1.807) is 0 Å². The second kappa shape index (κ2) is 4.93. The Morgan fingerprint density at radius 3 is 2.76 bits per heavy atom. The summed E-state index contributed by atoms with van der Waals surface area (Å²) in [6.45, 7) is 0.277. The molecule has 1 heterocycles. The first-order valence-corrected chi connectivity index (χ1v) is 5.41. The molecule has 17 heavy (non-hydrogen) atoms. The Morgan fingerprint density at radius 2 is 2.18 bits per heavy atom. The molecule has 1 aliphatic rings. The second-order valence-corrected chi connectivity index (χ2v) is 4.06. The number of ether oxygens (including phenoxy) is 1. The summed E-state index contributed by atoms with van der Waals surface area (Å²) in [5.74, 6) is -0.319. The summed E-state index contributed by atoms with van der Waals surface area (Å²) in [5.41, 5.74) is 0.801. The van der Waals surface area contributed by atoms with Gasteiger partial charge in [-0.3, -0.25) is 10.1 Å². The lowest BCUT2D eigenvalue weighted by Crippen LogP contribution is -2.29. The number of hydrogen-bond acceptors (Lipinski definition) is 4. The maximum atomic E-state index is 11.1. The first-order chi connectivity index (χ1) is 8.24. The lowest BCUT2D eigenvalue weighted by atomic mass is 9.93. The van der Waals surface area contributed by atoms with E-state index in [0.717, 1.165) is 5.56 Å². The van der Waals surface area contributed by atoms with Crippen molar-refractivity contribution >= 4 is 0 Å². The Labute approximate surface area is 98.8 Å². The number of nitriles is 1. The van der Waals surface area contributed by atoms with Crippen molar-refractivity contribution in [1.29, 1.82) is 5.26 Å². The standard InChI is InChI=1S/C12H12N2O3/c13-7-6-10-8-17-12(11(10)14(15)16)9-4-2-1-3-5-9/h1-5,10-12H,6,8H2/t10-,11+,12+/m1/s1. The molecule has 0 aromatic heterocycles. The summed E-state index contributed by atoms with van der Waals surface area (Å²) < 4.78 is 5.49. The highest BCUT2D eigenvalue weighted by atomic mass is 16.6. The number of nitro groups is 1. The van der Waals surface area contributed by atoms with Gasteiger partial charge in [0.2, 0.25) is 6.04 Å². The molecule has 0 radical (unpaired) electrons. The molecule has 2 rings (SSSR count). The van der Waals surface area contributed by atoms with Crippen LogP contribution in [-0.4, -0.2) is 17.6 Å². The van der Waals surface area contributed by atoms with E-state index >= 15 is 0 Å². The Bertz CT molecular complexity index is 441. The van der Waals surface area contributed by atoms with Crippen molar-refractivity contribution < 1.29 is 9.66 Å². The van der Waals surface area contributed by atoms with Gasteiger partial charge in [0.1, 0.15) is 0 Å². The van der Waals surface area contributed by atoms with Crippen LogP contribution in [0.15, 0.2) is 30.3 Å². The van der Waals surface area contributed by atoms with Crippen LogP contribution in [0.2, 0.25) is 0 Å². The maximum Gasteiger partial charge on any atom is 0.248 e. The minimum Gasteiger partial charge on any atom is -0.366 e. The fourth-order valence-corrected chi connectivity index (χ4v) is 2.19. The van der Waals surface area contributed by atoms with E-state index in [0.29, 0.717) is 0 Å². The zero-order chi connectivity index (χ0) is 12.3. The normalized spacial score (nSPS) is 27.6. The van der Waals surface area contributed by atoms with Crippen molar-refractivity contribution in [2.24, 2.45) is 5.92 Å². The van der Waals surface area contributed by atoms with Crippen LogP contribution in [0.4, 0.5) is 0 Å². The summed E-state index contributed by atoms with van der Waals surface area (Å²) in [6.07, 6.45) is -0.376. The maximum absolute atomic E-state index is 11.1. The van der Waals surface area contributed by atoms with E-state index in [9.17, 15) is 10.1 Å². The van der Waals surface area contributed by atoms with Crippen molar-refractivity contribution in [3.05, 3.63) is 46.0 Å². The molecule has 0 bridgehead atoms. The molecule has 1 saturated heterocycles. The molecule has 1 aliphatic heterocycles. The smallest absolute Gasteiger partial charge is 0.248 e. The van der Waals surface area contributed by atoms with Crippen molar-refractivity contribution in [2.75, 3.05) is 6.61 Å². The molecule has 1 fully saturated rings. The fraction of sp³-hybridized carbons (Fsp3) is 0.417. The van der Waals surface area contributed by atoms with Crippen molar-refractivity contribution in [3.63, 3.8) is 0 Å². The predicted octanol–water partition coefficient (Wildman–Crippen LogP) is 1.93. The van der Waals surface area contributed by atoms with Crippen LogP contribution in [0, 0.1) is 27.4 Å². The number of benzene rings is 1. The van der Waals surface area contributed by atoms with Crippen LogP contribution in [-0.2, 0) is 4.74 Å². The summed E-state index contributed by atoms with van der Waals surface area (Å²) >= 11 is 0. The van der Waals surface area contributed by atoms with E-state index in [2.05, 4.69) is 0 Å². The molecule has 0 N–H and O–H groups in total. The number of nitrogens with zero attached hydrogens (tertiary/aromatic N) is 2. The van der Waals surface area contributed by atoms with Gasteiger partial charge in [-0.15, -0.1) is 0 Å². The van der Waals surface area contributed by atoms with E-state index in [4.69, 9.17) is 10.00 Å². The van der Waals surface area contributed by atoms with Gasteiger partial charge in [-0.1, -0.05) is 30.3 Å². The summed E-state index contributed by atoms with van der Waals surface area (Å²) in [4.78, 5) is 10.8. The minimum atomic E-state index is -0.822. The molecule has 3 atom stereocenters. The highest BCUT2D eigenvalue weighted by Crippen LogP contribution is 2.35. The van der Waals surface area contributed by atoms with E-state index in [1.807, 2.05) is 36.4 Å². The van der Waals surface area contributed by atoms with Gasteiger partial charge in [-0.25, -0.2) is 0 Å². The average molecular weight is 232 g/mol. The van der Waals surface area contributed by atoms with E-state index < -0.39 is 12.1 Å². The average Bonchev–Trinajstić information content (AvgIpc) is 2.74. The molecule has 0 spiro atoms. The van der Waals surface area contributed by atoms with Crippen LogP contribution < -0.4 is 0 Å². The lowest BCUT2D eigenvalue weighted by Gasteiger charge is -2.14. The monoisotopic (exact) mass is 232 g/mol. The van der Waals surface area contributed by atoms with Crippen molar-refractivity contribution in [2.45, 2.75) is 18.6 Å². The van der Waals surface area contributed by atoms with E-state index in [1.165, 1.54) is 0 Å². The van der Waals surface area contributed by atoms with Crippen LogP contribution in [0.3, 0.4) is 0 Å². The van der Waals surface area contributed by atoms with Gasteiger partial charge in [0.25, 0.3) is 0 Å². The van der Waals surface area contributed by atoms with Gasteiger partial charge >= 0.3 is 0 Å². The van der Waals surface area contributed by atoms with Crippen LogP contribution in [0.5, 0.6) is 0 Å². The number of hydrogen-bond donors (Lipinski definition) is 0. The molecule has 0 aliphatic carbocycles. The number of rotatable bonds is 3. The molecular formula is C12H12N2O3.